The van der Waals surface area contributed by atoms with Crippen LogP contribution in [0.3, 0.4) is 0 Å². The van der Waals surface area contributed by atoms with Gasteiger partial charge in [0, 0.05) is 29.1 Å². The molecule has 11 heteroatoms. The van der Waals surface area contributed by atoms with E-state index in [2.05, 4.69) is 20.9 Å². The summed E-state index contributed by atoms with van der Waals surface area (Å²) in [6.45, 7) is 1.63. The minimum atomic E-state index is -4.98. The number of aromatic nitrogens is 3. The standard InChI is InChI=1S/C26H22F3N5O3/c1-15(24(35)33-32-17-6-5-9-30-13-17)34-14-16(12-31-34)20-10-18(37-2)11-22-23(20)19-7-3-4-8-21(19)25(22,36)26(27,28)29/h3-15,32,36H,1-2H3,(H,33,35). The number of carbonyl (C=O) groups excluding carboxylic acids is 1. The third-order valence-electron chi connectivity index (χ3n) is 6.41. The second kappa shape index (κ2) is 8.93. The number of rotatable bonds is 6. The summed E-state index contributed by atoms with van der Waals surface area (Å²) in [5.41, 5.74) is 3.47. The first-order valence-corrected chi connectivity index (χ1v) is 11.3. The van der Waals surface area contributed by atoms with Crippen LogP contribution >= 0.6 is 0 Å². The van der Waals surface area contributed by atoms with Crippen LogP contribution in [0.15, 0.2) is 73.3 Å². The van der Waals surface area contributed by atoms with E-state index in [0.29, 0.717) is 16.8 Å². The van der Waals surface area contributed by atoms with Crippen LogP contribution in [0.25, 0.3) is 22.3 Å². The van der Waals surface area contributed by atoms with Gasteiger partial charge in [-0.05, 0) is 47.9 Å². The minimum Gasteiger partial charge on any atom is -0.497 e. The SMILES string of the molecule is COc1cc(-c2cnn(C(C)C(=O)NNc3cccnc3)c2)c2c(c1)C(O)(C(F)(F)F)c1ccccc1-2. The molecule has 0 fully saturated rings. The first kappa shape index (κ1) is 24.3. The van der Waals surface area contributed by atoms with E-state index in [9.17, 15) is 23.1 Å². The summed E-state index contributed by atoms with van der Waals surface area (Å²) in [5, 5.41) is 15.4. The van der Waals surface area contributed by atoms with Crippen molar-refractivity contribution >= 4 is 11.6 Å². The Morgan fingerprint density at radius 3 is 2.59 bits per heavy atom. The zero-order valence-electron chi connectivity index (χ0n) is 19.7. The molecule has 1 amide bonds. The Labute approximate surface area is 209 Å². The average Bonchev–Trinajstić information content (AvgIpc) is 3.49. The quantitative estimate of drug-likeness (QED) is 0.333. The number of halogens is 3. The van der Waals surface area contributed by atoms with E-state index in [-0.39, 0.29) is 28.0 Å². The fraction of sp³-hybridized carbons (Fsp3) is 0.192. The normalized spacial score (nSPS) is 17.0. The van der Waals surface area contributed by atoms with Crippen molar-refractivity contribution in [3.63, 3.8) is 0 Å². The number of amides is 1. The van der Waals surface area contributed by atoms with Gasteiger partial charge in [-0.2, -0.15) is 18.3 Å². The van der Waals surface area contributed by atoms with E-state index in [1.165, 1.54) is 36.2 Å². The van der Waals surface area contributed by atoms with Crippen LogP contribution in [0.5, 0.6) is 5.75 Å². The Morgan fingerprint density at radius 2 is 1.89 bits per heavy atom. The number of methoxy groups -OCH3 is 1. The number of nitrogens with one attached hydrogen (secondary N) is 2. The molecule has 2 heterocycles. The van der Waals surface area contributed by atoms with Crippen LogP contribution < -0.4 is 15.6 Å². The van der Waals surface area contributed by atoms with Crippen molar-refractivity contribution in [3.8, 4) is 28.0 Å². The molecule has 2 unspecified atom stereocenters. The van der Waals surface area contributed by atoms with E-state index in [1.54, 1.807) is 55.8 Å². The molecule has 0 spiro atoms. The summed E-state index contributed by atoms with van der Waals surface area (Å²) in [6.07, 6.45) is 1.19. The van der Waals surface area contributed by atoms with Crippen LogP contribution in [0.4, 0.5) is 18.9 Å². The maximum absolute atomic E-state index is 14.3. The van der Waals surface area contributed by atoms with Gasteiger partial charge in [0.2, 0.25) is 5.60 Å². The van der Waals surface area contributed by atoms with Gasteiger partial charge >= 0.3 is 6.18 Å². The lowest BCUT2D eigenvalue weighted by Gasteiger charge is -2.28. The van der Waals surface area contributed by atoms with Crippen LogP contribution in [-0.2, 0) is 10.4 Å². The maximum atomic E-state index is 14.3. The fourth-order valence-electron chi connectivity index (χ4n) is 4.49. The molecular weight excluding hydrogens is 487 g/mol. The Bertz CT molecular complexity index is 1470. The summed E-state index contributed by atoms with van der Waals surface area (Å²) < 4.78 is 49.6. The number of aliphatic hydroxyl groups is 1. The Balaban J connectivity index is 1.54. The minimum absolute atomic E-state index is 0.142. The molecule has 0 radical (unpaired) electrons. The topological polar surface area (TPSA) is 101 Å². The number of hydrazine groups is 1. The predicted molar refractivity (Wildman–Crippen MR) is 129 cm³/mol. The number of nitrogens with zero attached hydrogens (tertiary/aromatic N) is 3. The first-order valence-electron chi connectivity index (χ1n) is 11.3. The number of anilines is 1. The van der Waals surface area contributed by atoms with Gasteiger partial charge in [0.05, 0.1) is 25.2 Å². The predicted octanol–water partition coefficient (Wildman–Crippen LogP) is 4.44. The van der Waals surface area contributed by atoms with Gasteiger partial charge in [0.25, 0.3) is 5.91 Å². The molecule has 0 aliphatic heterocycles. The molecule has 8 nitrogen and oxygen atoms in total. The zero-order chi connectivity index (χ0) is 26.4. The van der Waals surface area contributed by atoms with Crippen molar-refractivity contribution in [2.24, 2.45) is 0 Å². The van der Waals surface area contributed by atoms with Gasteiger partial charge in [-0.3, -0.25) is 25.3 Å². The molecule has 190 valence electrons. The van der Waals surface area contributed by atoms with Gasteiger partial charge in [0.1, 0.15) is 11.8 Å². The van der Waals surface area contributed by atoms with E-state index in [4.69, 9.17) is 4.74 Å². The molecular formula is C26H22F3N5O3. The molecule has 0 saturated heterocycles. The lowest BCUT2D eigenvalue weighted by atomic mass is 9.89. The number of ether oxygens (including phenoxy) is 1. The number of carbonyl (C=O) groups is 1. The van der Waals surface area contributed by atoms with E-state index in [1.807, 2.05) is 0 Å². The van der Waals surface area contributed by atoms with Crippen molar-refractivity contribution in [2.75, 3.05) is 12.5 Å². The first-order chi connectivity index (χ1) is 17.6. The van der Waals surface area contributed by atoms with E-state index in [0.717, 1.165) is 0 Å². The second-order valence-corrected chi connectivity index (χ2v) is 8.59. The number of benzene rings is 2. The van der Waals surface area contributed by atoms with Gasteiger partial charge in [-0.25, -0.2) is 0 Å². The highest BCUT2D eigenvalue weighted by Crippen LogP contribution is 2.58. The highest BCUT2D eigenvalue weighted by molar-refractivity contribution is 5.93. The van der Waals surface area contributed by atoms with Gasteiger partial charge in [-0.15, -0.1) is 0 Å². The molecule has 5 rings (SSSR count). The Hall–Kier alpha value is -4.38. The Kier molecular flexibility index (Phi) is 5.87. The number of hydrogen-bond acceptors (Lipinski definition) is 6. The highest BCUT2D eigenvalue weighted by Gasteiger charge is 2.61. The summed E-state index contributed by atoms with van der Waals surface area (Å²) in [4.78, 5) is 16.6. The lowest BCUT2D eigenvalue weighted by Crippen LogP contribution is -2.41. The van der Waals surface area contributed by atoms with Crippen LogP contribution in [0.2, 0.25) is 0 Å². The number of pyridine rings is 1. The van der Waals surface area contributed by atoms with Crippen molar-refractivity contribution in [1.29, 1.82) is 0 Å². The molecule has 4 aromatic rings. The van der Waals surface area contributed by atoms with Gasteiger partial charge < -0.3 is 9.84 Å². The molecule has 2 aromatic carbocycles. The third kappa shape index (κ3) is 3.97. The maximum Gasteiger partial charge on any atom is 0.425 e. The summed E-state index contributed by atoms with van der Waals surface area (Å²) >= 11 is 0. The van der Waals surface area contributed by atoms with E-state index >= 15 is 0 Å². The molecule has 2 aromatic heterocycles. The lowest BCUT2D eigenvalue weighted by molar-refractivity contribution is -0.246. The van der Waals surface area contributed by atoms with E-state index < -0.39 is 23.7 Å². The number of hydrogen-bond donors (Lipinski definition) is 3. The zero-order valence-corrected chi connectivity index (χ0v) is 19.7. The molecule has 0 bridgehead atoms. The van der Waals surface area contributed by atoms with Gasteiger partial charge in [0.15, 0.2) is 0 Å². The molecule has 0 saturated carbocycles. The summed E-state index contributed by atoms with van der Waals surface area (Å²) in [7, 11) is 1.34. The largest absolute Gasteiger partial charge is 0.497 e. The van der Waals surface area contributed by atoms with Crippen LogP contribution in [0, 0.1) is 0 Å². The summed E-state index contributed by atoms with van der Waals surface area (Å²) in [6, 6.07) is 11.4. The van der Waals surface area contributed by atoms with Crippen molar-refractivity contribution in [3.05, 3.63) is 84.4 Å². The van der Waals surface area contributed by atoms with Crippen molar-refractivity contribution in [1.82, 2.24) is 20.2 Å². The molecule has 2 atom stereocenters. The van der Waals surface area contributed by atoms with Crippen molar-refractivity contribution < 1.29 is 27.8 Å². The molecule has 1 aliphatic rings. The molecule has 3 N–H and O–H groups in total. The average molecular weight is 509 g/mol. The molecule has 1 aliphatic carbocycles. The Morgan fingerprint density at radius 1 is 1.11 bits per heavy atom. The fourth-order valence-corrected chi connectivity index (χ4v) is 4.49. The third-order valence-corrected chi connectivity index (χ3v) is 6.41. The van der Waals surface area contributed by atoms with Crippen LogP contribution in [0.1, 0.15) is 24.1 Å². The van der Waals surface area contributed by atoms with Crippen LogP contribution in [-0.4, -0.2) is 39.1 Å². The highest BCUT2D eigenvalue weighted by atomic mass is 19.4. The van der Waals surface area contributed by atoms with Gasteiger partial charge in [-0.1, -0.05) is 24.3 Å². The number of alkyl halides is 3. The second-order valence-electron chi connectivity index (χ2n) is 8.59. The summed E-state index contributed by atoms with van der Waals surface area (Å²) in [5.74, 6) is -0.255. The molecule has 37 heavy (non-hydrogen) atoms. The van der Waals surface area contributed by atoms with Crippen molar-refractivity contribution in [2.45, 2.75) is 24.7 Å². The smallest absolute Gasteiger partial charge is 0.425 e. The number of fused-ring (bicyclic) bond motifs is 3. The monoisotopic (exact) mass is 509 g/mol.